The topological polar surface area (TPSA) is 86.2 Å². The highest BCUT2D eigenvalue weighted by molar-refractivity contribution is 9.10. The molecule has 0 spiro atoms. The molecule has 2 rings (SSSR count). The van der Waals surface area contributed by atoms with E-state index in [0.717, 1.165) is 4.47 Å². The summed E-state index contributed by atoms with van der Waals surface area (Å²) in [7, 11) is -0.734. The molecule has 0 radical (unpaired) electrons. The number of nitrogens with one attached hydrogen (secondary N) is 1. The van der Waals surface area contributed by atoms with Crippen LogP contribution in [-0.2, 0) is 10.0 Å². The number of nitrogens with zero attached hydrogens (tertiary/aromatic N) is 1. The molecule has 1 N–H and O–H groups in total. The van der Waals surface area contributed by atoms with Gasteiger partial charge in [-0.2, -0.15) is 13.5 Å². The molecule has 0 amide bonds. The zero-order valence-electron chi connectivity index (χ0n) is 14.5. The van der Waals surface area contributed by atoms with Crippen molar-refractivity contribution < 1.29 is 22.6 Å². The van der Waals surface area contributed by atoms with Gasteiger partial charge in [0.05, 0.1) is 31.9 Å². The van der Waals surface area contributed by atoms with E-state index in [9.17, 15) is 8.42 Å². The van der Waals surface area contributed by atoms with Gasteiger partial charge in [-0.3, -0.25) is 0 Å². The second-order valence-electron chi connectivity index (χ2n) is 4.99. The average Bonchev–Trinajstić information content (AvgIpc) is 2.62. The molecule has 0 aromatic heterocycles. The predicted molar refractivity (Wildman–Crippen MR) is 103 cm³/mol. The molecular formula is C17H19BrN2O5S. The number of methoxy groups -OCH3 is 2. The number of hydrogen-bond donors (Lipinski definition) is 1. The van der Waals surface area contributed by atoms with Crippen LogP contribution in [0.2, 0.25) is 0 Å². The fourth-order valence-corrected chi connectivity index (χ4v) is 3.15. The van der Waals surface area contributed by atoms with Gasteiger partial charge in [-0.15, -0.1) is 0 Å². The van der Waals surface area contributed by atoms with Crippen LogP contribution in [0.25, 0.3) is 0 Å². The van der Waals surface area contributed by atoms with Gasteiger partial charge in [-0.25, -0.2) is 4.83 Å². The Balaban J connectivity index is 2.23. The van der Waals surface area contributed by atoms with Crippen molar-refractivity contribution in [1.29, 1.82) is 0 Å². The molecule has 0 atom stereocenters. The highest BCUT2D eigenvalue weighted by Gasteiger charge is 2.14. The zero-order valence-corrected chi connectivity index (χ0v) is 16.9. The van der Waals surface area contributed by atoms with Crippen LogP contribution in [0.3, 0.4) is 0 Å². The Labute approximate surface area is 161 Å². The van der Waals surface area contributed by atoms with E-state index in [1.165, 1.54) is 32.6 Å². The first-order valence-electron chi connectivity index (χ1n) is 7.60. The van der Waals surface area contributed by atoms with Crippen molar-refractivity contribution in [3.63, 3.8) is 0 Å². The molecule has 9 heteroatoms. The van der Waals surface area contributed by atoms with Crippen LogP contribution >= 0.6 is 15.9 Å². The minimum absolute atomic E-state index is 0.111. The number of ether oxygens (including phenoxy) is 3. The molecule has 0 unspecified atom stereocenters. The van der Waals surface area contributed by atoms with Gasteiger partial charge in [-0.1, -0.05) is 15.9 Å². The van der Waals surface area contributed by atoms with Crippen LogP contribution in [0, 0.1) is 0 Å². The lowest BCUT2D eigenvalue weighted by atomic mass is 10.2. The highest BCUT2D eigenvalue weighted by Crippen LogP contribution is 2.38. The quantitative estimate of drug-likeness (QED) is 0.501. The first-order valence-corrected chi connectivity index (χ1v) is 9.88. The second-order valence-corrected chi connectivity index (χ2v) is 7.57. The molecule has 0 aliphatic rings. The molecule has 7 nitrogen and oxygen atoms in total. The summed E-state index contributed by atoms with van der Waals surface area (Å²) in [6, 6.07) is 9.58. The van der Waals surface area contributed by atoms with Crippen LogP contribution in [0.4, 0.5) is 0 Å². The summed E-state index contributed by atoms with van der Waals surface area (Å²) in [5, 5.41) is 3.81. The third kappa shape index (κ3) is 4.89. The van der Waals surface area contributed by atoms with Crippen molar-refractivity contribution in [1.82, 2.24) is 4.83 Å². The highest BCUT2D eigenvalue weighted by atomic mass is 79.9. The molecule has 0 aliphatic carbocycles. The molecule has 26 heavy (non-hydrogen) atoms. The minimum atomic E-state index is -3.75. The largest absolute Gasteiger partial charge is 0.493 e. The molecular weight excluding hydrogens is 424 g/mol. The Kier molecular flexibility index (Phi) is 6.87. The Morgan fingerprint density at radius 1 is 1.12 bits per heavy atom. The van der Waals surface area contributed by atoms with Crippen LogP contribution < -0.4 is 19.0 Å². The van der Waals surface area contributed by atoms with E-state index >= 15 is 0 Å². The van der Waals surface area contributed by atoms with Crippen molar-refractivity contribution in [2.75, 3.05) is 20.8 Å². The molecule has 2 aromatic carbocycles. The number of halogens is 1. The third-order valence-corrected chi connectivity index (χ3v) is 5.05. The van der Waals surface area contributed by atoms with Crippen LogP contribution in [0.15, 0.2) is 50.9 Å². The lowest BCUT2D eigenvalue weighted by Gasteiger charge is -2.14. The molecule has 0 heterocycles. The fourth-order valence-electron chi connectivity index (χ4n) is 2.10. The minimum Gasteiger partial charge on any atom is -0.493 e. The Morgan fingerprint density at radius 3 is 2.19 bits per heavy atom. The number of sulfonamides is 1. The van der Waals surface area contributed by atoms with Crippen molar-refractivity contribution in [2.45, 2.75) is 11.8 Å². The van der Waals surface area contributed by atoms with Crippen molar-refractivity contribution in [3.05, 3.63) is 46.4 Å². The molecule has 0 aliphatic heterocycles. The summed E-state index contributed by atoms with van der Waals surface area (Å²) >= 11 is 3.26. The van der Waals surface area contributed by atoms with E-state index in [4.69, 9.17) is 14.2 Å². The van der Waals surface area contributed by atoms with E-state index in [2.05, 4.69) is 25.9 Å². The van der Waals surface area contributed by atoms with Crippen LogP contribution in [0.5, 0.6) is 17.2 Å². The summed E-state index contributed by atoms with van der Waals surface area (Å²) in [5.41, 5.74) is 0.584. The Bertz CT molecular complexity index is 858. The summed E-state index contributed by atoms with van der Waals surface area (Å²) in [4.78, 5) is 2.28. The SMILES string of the molecule is CCOc1c(OC)cc(/C=N/NS(=O)(=O)c2ccc(Br)cc2)cc1OC. The number of rotatable bonds is 8. The summed E-state index contributed by atoms with van der Waals surface area (Å²) < 4.78 is 41.3. The third-order valence-electron chi connectivity index (χ3n) is 3.28. The summed E-state index contributed by atoms with van der Waals surface area (Å²) in [5.74, 6) is 1.40. The Hall–Kier alpha value is -2.26. The van der Waals surface area contributed by atoms with E-state index in [0.29, 0.717) is 29.4 Å². The summed E-state index contributed by atoms with van der Waals surface area (Å²) in [6.07, 6.45) is 1.36. The first kappa shape index (κ1) is 20.1. The lowest BCUT2D eigenvalue weighted by Crippen LogP contribution is -2.18. The molecule has 2 aromatic rings. The van der Waals surface area contributed by atoms with Crippen molar-refractivity contribution in [3.8, 4) is 17.2 Å². The maximum absolute atomic E-state index is 12.2. The van der Waals surface area contributed by atoms with Gasteiger partial charge in [0, 0.05) is 10.0 Å². The zero-order chi connectivity index (χ0) is 19.2. The number of hydrogen-bond acceptors (Lipinski definition) is 6. The molecule has 0 bridgehead atoms. The summed E-state index contributed by atoms with van der Waals surface area (Å²) in [6.45, 7) is 2.30. The van der Waals surface area contributed by atoms with Gasteiger partial charge in [-0.05, 0) is 43.3 Å². The first-order chi connectivity index (χ1) is 12.4. The van der Waals surface area contributed by atoms with E-state index in [-0.39, 0.29) is 4.90 Å². The second kappa shape index (κ2) is 8.91. The van der Waals surface area contributed by atoms with Crippen LogP contribution in [-0.4, -0.2) is 35.5 Å². The molecule has 140 valence electrons. The van der Waals surface area contributed by atoms with E-state index in [1.807, 2.05) is 6.92 Å². The standard InChI is InChI=1S/C17H19BrN2O5S/c1-4-25-17-15(23-2)9-12(10-16(17)24-3)11-19-20-26(21,22)14-7-5-13(18)6-8-14/h5-11,20H,4H2,1-3H3/b19-11+. The monoisotopic (exact) mass is 442 g/mol. The number of hydrazone groups is 1. The number of benzene rings is 2. The van der Waals surface area contributed by atoms with Gasteiger partial charge in [0.2, 0.25) is 5.75 Å². The van der Waals surface area contributed by atoms with Crippen molar-refractivity contribution >= 4 is 32.2 Å². The Morgan fingerprint density at radius 2 is 1.69 bits per heavy atom. The fraction of sp³-hybridized carbons (Fsp3) is 0.235. The van der Waals surface area contributed by atoms with Gasteiger partial charge < -0.3 is 14.2 Å². The predicted octanol–water partition coefficient (Wildman–Crippen LogP) is 3.18. The normalized spacial score (nSPS) is 11.4. The molecule has 0 saturated heterocycles. The van der Waals surface area contributed by atoms with E-state index in [1.54, 1.807) is 24.3 Å². The van der Waals surface area contributed by atoms with Gasteiger partial charge >= 0.3 is 0 Å². The van der Waals surface area contributed by atoms with Crippen molar-refractivity contribution in [2.24, 2.45) is 5.10 Å². The molecule has 0 saturated carbocycles. The van der Waals surface area contributed by atoms with E-state index < -0.39 is 10.0 Å². The van der Waals surface area contributed by atoms with Crippen LogP contribution in [0.1, 0.15) is 12.5 Å². The molecule has 0 fully saturated rings. The van der Waals surface area contributed by atoms with Gasteiger partial charge in [0.1, 0.15) is 0 Å². The lowest BCUT2D eigenvalue weighted by molar-refractivity contribution is 0.288. The van der Waals surface area contributed by atoms with Gasteiger partial charge in [0.25, 0.3) is 10.0 Å². The average molecular weight is 443 g/mol. The maximum Gasteiger partial charge on any atom is 0.276 e. The maximum atomic E-state index is 12.2. The van der Waals surface area contributed by atoms with Gasteiger partial charge in [0.15, 0.2) is 11.5 Å². The smallest absolute Gasteiger partial charge is 0.276 e.